The topological polar surface area (TPSA) is 30.1 Å². The summed E-state index contributed by atoms with van der Waals surface area (Å²) in [6.45, 7) is 13.9. The molecular formula is C21H17N3S. The lowest BCUT2D eigenvalue weighted by atomic mass is 9.82. The number of fused-ring (bicyclic) bond motifs is 2. The summed E-state index contributed by atoms with van der Waals surface area (Å²) in [7, 11) is 0. The Hall–Kier alpha value is -2.77. The molecule has 0 aliphatic carbocycles. The molecule has 2 aromatic carbocycles. The minimum absolute atomic E-state index is 0.0267. The van der Waals surface area contributed by atoms with Crippen molar-refractivity contribution in [2.45, 2.75) is 26.2 Å². The molecule has 0 amide bonds. The van der Waals surface area contributed by atoms with Crippen molar-refractivity contribution in [2.75, 3.05) is 0 Å². The van der Waals surface area contributed by atoms with Crippen molar-refractivity contribution in [3.63, 3.8) is 0 Å². The van der Waals surface area contributed by atoms with E-state index in [0.29, 0.717) is 5.13 Å². The highest BCUT2D eigenvalue weighted by Gasteiger charge is 2.20. The maximum atomic E-state index is 7.23. The Morgan fingerprint density at radius 2 is 1.88 bits per heavy atom. The lowest BCUT2D eigenvalue weighted by Gasteiger charge is -2.22. The summed E-state index contributed by atoms with van der Waals surface area (Å²) in [4.78, 5) is 12.5. The average molecular weight is 343 g/mol. The highest BCUT2D eigenvalue weighted by atomic mass is 32.1. The molecule has 2 heterocycles. The van der Waals surface area contributed by atoms with Crippen LogP contribution in [-0.4, -0.2) is 9.97 Å². The lowest BCUT2D eigenvalue weighted by Crippen LogP contribution is -2.12. The molecule has 0 radical (unpaired) electrons. The van der Waals surface area contributed by atoms with Gasteiger partial charge in [0.25, 0.3) is 0 Å². The smallest absolute Gasteiger partial charge is 0.330 e. The van der Waals surface area contributed by atoms with Gasteiger partial charge in [-0.3, -0.25) is 4.98 Å². The largest absolute Gasteiger partial charge is 0.351 e. The molecule has 0 unspecified atom stereocenters. The first-order valence-corrected chi connectivity index (χ1v) is 8.96. The van der Waals surface area contributed by atoms with E-state index in [1.54, 1.807) is 6.20 Å². The van der Waals surface area contributed by atoms with Crippen LogP contribution >= 0.6 is 11.3 Å². The normalized spacial score (nSPS) is 11.8. The molecule has 2 aromatic heterocycles. The molecule has 0 saturated carbocycles. The van der Waals surface area contributed by atoms with Crippen LogP contribution in [0.15, 0.2) is 48.7 Å². The van der Waals surface area contributed by atoms with Gasteiger partial charge in [-0.05, 0) is 33.9 Å². The number of rotatable bonds is 1. The van der Waals surface area contributed by atoms with Gasteiger partial charge in [0.05, 0.1) is 10.4 Å². The molecule has 25 heavy (non-hydrogen) atoms. The van der Waals surface area contributed by atoms with Gasteiger partial charge >= 0.3 is 5.13 Å². The van der Waals surface area contributed by atoms with Crippen molar-refractivity contribution in [1.29, 1.82) is 0 Å². The number of thiazole rings is 1. The van der Waals surface area contributed by atoms with Gasteiger partial charge in [0.1, 0.15) is 0 Å². The van der Waals surface area contributed by atoms with E-state index in [9.17, 15) is 0 Å². The van der Waals surface area contributed by atoms with Crippen molar-refractivity contribution in [2.24, 2.45) is 0 Å². The van der Waals surface area contributed by atoms with Crippen LogP contribution in [0.5, 0.6) is 0 Å². The van der Waals surface area contributed by atoms with Crippen LogP contribution < -0.4 is 0 Å². The van der Waals surface area contributed by atoms with Gasteiger partial charge in [0.15, 0.2) is 5.52 Å². The first-order valence-electron chi connectivity index (χ1n) is 8.14. The predicted molar refractivity (Wildman–Crippen MR) is 105 cm³/mol. The van der Waals surface area contributed by atoms with E-state index in [2.05, 4.69) is 72.0 Å². The Morgan fingerprint density at radius 3 is 2.64 bits per heavy atom. The maximum absolute atomic E-state index is 7.23. The van der Waals surface area contributed by atoms with Crippen LogP contribution in [0, 0.1) is 6.57 Å². The lowest BCUT2D eigenvalue weighted by molar-refractivity contribution is 0.596. The predicted octanol–water partition coefficient (Wildman–Crippen LogP) is 6.36. The molecule has 0 aliphatic heterocycles. The van der Waals surface area contributed by atoms with E-state index in [1.807, 2.05) is 6.07 Å². The second-order valence-electron chi connectivity index (χ2n) is 7.11. The zero-order valence-electron chi connectivity index (χ0n) is 14.4. The van der Waals surface area contributed by atoms with E-state index in [0.717, 1.165) is 21.5 Å². The van der Waals surface area contributed by atoms with Crippen LogP contribution in [0.4, 0.5) is 5.13 Å². The van der Waals surface area contributed by atoms with Gasteiger partial charge < -0.3 is 4.85 Å². The zero-order valence-corrected chi connectivity index (χ0v) is 15.2. The van der Waals surface area contributed by atoms with Crippen LogP contribution in [0.25, 0.3) is 37.1 Å². The first kappa shape index (κ1) is 15.7. The van der Waals surface area contributed by atoms with E-state index < -0.39 is 0 Å². The summed E-state index contributed by atoms with van der Waals surface area (Å²) >= 11 is 1.41. The zero-order chi connectivity index (χ0) is 17.6. The Bertz CT molecular complexity index is 1140. The third-order valence-electron chi connectivity index (χ3n) is 4.33. The van der Waals surface area contributed by atoms with Gasteiger partial charge in [-0.2, -0.15) is 0 Å². The van der Waals surface area contributed by atoms with Gasteiger partial charge in [-0.25, -0.2) is 0 Å². The van der Waals surface area contributed by atoms with Crippen molar-refractivity contribution in [1.82, 2.24) is 9.97 Å². The van der Waals surface area contributed by atoms with Gasteiger partial charge in [0, 0.05) is 17.8 Å². The van der Waals surface area contributed by atoms with E-state index in [4.69, 9.17) is 6.57 Å². The fraction of sp³-hybridized carbons (Fsp3) is 0.190. The van der Waals surface area contributed by atoms with Crippen molar-refractivity contribution < 1.29 is 0 Å². The number of aromatic nitrogens is 2. The Balaban J connectivity index is 2.06. The molecule has 0 spiro atoms. The Kier molecular flexibility index (Phi) is 3.55. The highest BCUT2D eigenvalue weighted by molar-refractivity contribution is 7.22. The molecular weight excluding hydrogens is 326 g/mol. The van der Waals surface area contributed by atoms with Crippen LogP contribution in [0.3, 0.4) is 0 Å². The van der Waals surface area contributed by atoms with Crippen LogP contribution in [-0.2, 0) is 5.41 Å². The minimum atomic E-state index is 0.0267. The molecule has 0 aliphatic rings. The monoisotopic (exact) mass is 343 g/mol. The fourth-order valence-corrected chi connectivity index (χ4v) is 4.02. The number of benzene rings is 2. The van der Waals surface area contributed by atoms with E-state index in [1.165, 1.54) is 27.7 Å². The van der Waals surface area contributed by atoms with Gasteiger partial charge in [0.2, 0.25) is 0 Å². The van der Waals surface area contributed by atoms with Crippen molar-refractivity contribution in [3.05, 3.63) is 65.6 Å². The molecule has 4 aromatic rings. The number of hydrogen-bond donors (Lipinski definition) is 0. The Morgan fingerprint density at radius 1 is 1.08 bits per heavy atom. The average Bonchev–Trinajstić information content (AvgIpc) is 3.03. The second kappa shape index (κ2) is 5.65. The summed E-state index contributed by atoms with van der Waals surface area (Å²) in [5.41, 5.74) is 4.15. The maximum Gasteiger partial charge on any atom is 0.330 e. The standard InChI is InChI=1S/C21H17N3S/c1-21(2,3)16-12-14(11-13-7-5-6-8-15(13)16)18-19-17(9-10-23-18)24-20(22-4)25-19/h5-12H,1-3H3. The molecule has 4 rings (SSSR count). The molecule has 3 nitrogen and oxygen atoms in total. The molecule has 0 fully saturated rings. The van der Waals surface area contributed by atoms with Crippen LogP contribution in [0.1, 0.15) is 26.3 Å². The highest BCUT2D eigenvalue weighted by Crippen LogP contribution is 2.38. The Labute approximate surface area is 150 Å². The number of nitrogens with zero attached hydrogens (tertiary/aromatic N) is 3. The summed E-state index contributed by atoms with van der Waals surface area (Å²) in [5.74, 6) is 0. The molecule has 0 saturated heterocycles. The van der Waals surface area contributed by atoms with Crippen molar-refractivity contribution >= 4 is 37.5 Å². The summed E-state index contributed by atoms with van der Waals surface area (Å²) < 4.78 is 0.976. The molecule has 122 valence electrons. The minimum Gasteiger partial charge on any atom is -0.351 e. The first-order chi connectivity index (χ1) is 12.0. The SMILES string of the molecule is [C-]#[N+]c1nc2ccnc(-c3cc(C(C)(C)C)c4ccccc4c3)c2s1. The fourth-order valence-electron chi connectivity index (χ4n) is 3.17. The molecule has 0 N–H and O–H groups in total. The van der Waals surface area contributed by atoms with E-state index in [-0.39, 0.29) is 5.41 Å². The third kappa shape index (κ3) is 2.67. The van der Waals surface area contributed by atoms with Gasteiger partial charge in [-0.1, -0.05) is 51.6 Å². The summed E-state index contributed by atoms with van der Waals surface area (Å²) in [6.07, 6.45) is 1.77. The number of hydrogen-bond acceptors (Lipinski definition) is 3. The molecule has 0 atom stereocenters. The van der Waals surface area contributed by atoms with Gasteiger partial charge in [-0.15, -0.1) is 16.3 Å². The summed E-state index contributed by atoms with van der Waals surface area (Å²) in [5, 5.41) is 2.94. The van der Waals surface area contributed by atoms with Crippen molar-refractivity contribution in [3.8, 4) is 11.3 Å². The van der Waals surface area contributed by atoms with Crippen LogP contribution in [0.2, 0.25) is 0 Å². The molecule has 0 bridgehead atoms. The van der Waals surface area contributed by atoms with E-state index >= 15 is 0 Å². The number of pyridine rings is 1. The molecule has 4 heteroatoms. The third-order valence-corrected chi connectivity index (χ3v) is 5.30. The summed E-state index contributed by atoms with van der Waals surface area (Å²) in [6, 6.07) is 14.8. The second-order valence-corrected chi connectivity index (χ2v) is 8.09. The quantitative estimate of drug-likeness (QED) is 0.376.